The van der Waals surface area contributed by atoms with Crippen LogP contribution in [0.1, 0.15) is 32.6 Å². The Bertz CT molecular complexity index is 190. The fourth-order valence-electron chi connectivity index (χ4n) is 1.62. The van der Waals surface area contributed by atoms with E-state index in [1.807, 2.05) is 0 Å². The molecule has 0 amide bonds. The van der Waals surface area contributed by atoms with Crippen molar-refractivity contribution in [3.8, 4) is 0 Å². The summed E-state index contributed by atoms with van der Waals surface area (Å²) in [5.74, 6) is 0.859. The van der Waals surface area contributed by atoms with Crippen LogP contribution in [-0.4, -0.2) is 35.3 Å². The predicted octanol–water partition coefficient (Wildman–Crippen LogP) is 2.40. The third kappa shape index (κ3) is 5.42. The zero-order chi connectivity index (χ0) is 11.1. The molecule has 1 aliphatic rings. The maximum absolute atomic E-state index is 10.5. The van der Waals surface area contributed by atoms with Crippen LogP contribution in [0.25, 0.3) is 0 Å². The SMILES string of the molecule is CC(CSCCCC1CCCO1)C(=O)O. The van der Waals surface area contributed by atoms with Gasteiger partial charge in [-0.1, -0.05) is 6.92 Å². The smallest absolute Gasteiger partial charge is 0.307 e. The molecular formula is C11H20O3S. The van der Waals surface area contributed by atoms with Gasteiger partial charge < -0.3 is 9.84 Å². The van der Waals surface area contributed by atoms with E-state index in [0.717, 1.165) is 31.0 Å². The molecule has 1 fully saturated rings. The van der Waals surface area contributed by atoms with E-state index >= 15 is 0 Å². The molecule has 15 heavy (non-hydrogen) atoms. The first-order valence-corrected chi connectivity index (χ1v) is 6.77. The van der Waals surface area contributed by atoms with E-state index in [-0.39, 0.29) is 5.92 Å². The minimum Gasteiger partial charge on any atom is -0.481 e. The van der Waals surface area contributed by atoms with Gasteiger partial charge in [-0.15, -0.1) is 0 Å². The molecule has 0 bridgehead atoms. The van der Waals surface area contributed by atoms with Crippen molar-refractivity contribution < 1.29 is 14.6 Å². The number of ether oxygens (including phenoxy) is 1. The lowest BCUT2D eigenvalue weighted by molar-refractivity contribution is -0.140. The van der Waals surface area contributed by atoms with E-state index < -0.39 is 5.97 Å². The summed E-state index contributed by atoms with van der Waals surface area (Å²) >= 11 is 1.74. The average molecular weight is 232 g/mol. The van der Waals surface area contributed by atoms with Gasteiger partial charge in [-0.2, -0.15) is 11.8 Å². The van der Waals surface area contributed by atoms with Crippen molar-refractivity contribution in [2.75, 3.05) is 18.1 Å². The molecule has 0 aliphatic carbocycles. The van der Waals surface area contributed by atoms with Gasteiger partial charge in [0.2, 0.25) is 0 Å². The maximum Gasteiger partial charge on any atom is 0.307 e. The van der Waals surface area contributed by atoms with Crippen molar-refractivity contribution in [3.05, 3.63) is 0 Å². The standard InChI is InChI=1S/C11H20O3S/c1-9(11(12)13)8-15-7-3-5-10-4-2-6-14-10/h9-10H,2-8H2,1H3,(H,12,13). The number of hydrogen-bond donors (Lipinski definition) is 1. The summed E-state index contributed by atoms with van der Waals surface area (Å²) in [5, 5.41) is 8.68. The van der Waals surface area contributed by atoms with Gasteiger partial charge in [0.1, 0.15) is 0 Å². The molecule has 4 heteroatoms. The monoisotopic (exact) mass is 232 g/mol. The molecule has 1 rings (SSSR count). The van der Waals surface area contributed by atoms with Crippen LogP contribution < -0.4 is 0 Å². The van der Waals surface area contributed by atoms with Gasteiger partial charge in [0, 0.05) is 12.4 Å². The van der Waals surface area contributed by atoms with Crippen molar-refractivity contribution in [3.63, 3.8) is 0 Å². The first-order chi connectivity index (χ1) is 7.20. The van der Waals surface area contributed by atoms with E-state index in [1.54, 1.807) is 18.7 Å². The second kappa shape index (κ2) is 7.12. The summed E-state index contributed by atoms with van der Waals surface area (Å²) in [5.41, 5.74) is 0. The average Bonchev–Trinajstić information content (AvgIpc) is 2.69. The molecule has 0 aromatic heterocycles. The molecule has 0 spiro atoms. The van der Waals surface area contributed by atoms with Crippen LogP contribution in [0.3, 0.4) is 0 Å². The van der Waals surface area contributed by atoms with E-state index in [1.165, 1.54) is 12.8 Å². The molecule has 0 aromatic rings. The summed E-state index contributed by atoms with van der Waals surface area (Å²) < 4.78 is 5.52. The lowest BCUT2D eigenvalue weighted by Gasteiger charge is -2.09. The summed E-state index contributed by atoms with van der Waals surface area (Å²) in [6, 6.07) is 0. The summed E-state index contributed by atoms with van der Waals surface area (Å²) in [6.45, 7) is 2.68. The maximum atomic E-state index is 10.5. The number of aliphatic carboxylic acids is 1. The molecule has 2 atom stereocenters. The molecule has 1 N–H and O–H groups in total. The Kier molecular flexibility index (Phi) is 6.10. The van der Waals surface area contributed by atoms with E-state index in [9.17, 15) is 4.79 Å². The number of hydrogen-bond acceptors (Lipinski definition) is 3. The normalized spacial score (nSPS) is 22.9. The third-order valence-corrected chi connectivity index (χ3v) is 3.94. The van der Waals surface area contributed by atoms with Crippen LogP contribution in [0.15, 0.2) is 0 Å². The molecule has 1 saturated heterocycles. The minimum absolute atomic E-state index is 0.224. The fraction of sp³-hybridized carbons (Fsp3) is 0.909. The molecule has 88 valence electrons. The predicted molar refractivity (Wildman–Crippen MR) is 62.3 cm³/mol. The Balaban J connectivity index is 1.90. The van der Waals surface area contributed by atoms with Gasteiger partial charge in [-0.25, -0.2) is 0 Å². The first-order valence-electron chi connectivity index (χ1n) is 5.62. The molecule has 1 aliphatic heterocycles. The molecule has 3 nitrogen and oxygen atoms in total. The quantitative estimate of drug-likeness (QED) is 0.685. The van der Waals surface area contributed by atoms with Crippen molar-refractivity contribution in [1.82, 2.24) is 0 Å². The Morgan fingerprint density at radius 3 is 3.07 bits per heavy atom. The molecular weight excluding hydrogens is 212 g/mol. The van der Waals surface area contributed by atoms with Crippen molar-refractivity contribution >= 4 is 17.7 Å². The first kappa shape index (κ1) is 12.8. The highest BCUT2D eigenvalue weighted by molar-refractivity contribution is 7.99. The summed E-state index contributed by atoms with van der Waals surface area (Å²) in [6.07, 6.45) is 5.16. The second-order valence-electron chi connectivity index (χ2n) is 4.09. The van der Waals surface area contributed by atoms with Crippen LogP contribution in [0.5, 0.6) is 0 Å². The van der Waals surface area contributed by atoms with Gasteiger partial charge in [0.25, 0.3) is 0 Å². The number of thioether (sulfide) groups is 1. The van der Waals surface area contributed by atoms with E-state index in [0.29, 0.717) is 6.10 Å². The molecule has 0 saturated carbocycles. The van der Waals surface area contributed by atoms with Crippen LogP contribution >= 0.6 is 11.8 Å². The minimum atomic E-state index is -0.693. The van der Waals surface area contributed by atoms with E-state index in [2.05, 4.69) is 0 Å². The zero-order valence-corrected chi connectivity index (χ0v) is 10.1. The number of carbonyl (C=O) groups is 1. The third-order valence-electron chi connectivity index (χ3n) is 2.63. The van der Waals surface area contributed by atoms with Gasteiger partial charge >= 0.3 is 5.97 Å². The molecule has 0 aromatic carbocycles. The van der Waals surface area contributed by atoms with Crippen molar-refractivity contribution in [1.29, 1.82) is 0 Å². The highest BCUT2D eigenvalue weighted by Crippen LogP contribution is 2.18. The Labute approximate surface area is 95.6 Å². The highest BCUT2D eigenvalue weighted by Gasteiger charge is 2.15. The molecule has 1 heterocycles. The Morgan fingerprint density at radius 1 is 1.67 bits per heavy atom. The number of carboxylic acids is 1. The Hall–Kier alpha value is -0.220. The zero-order valence-electron chi connectivity index (χ0n) is 9.28. The van der Waals surface area contributed by atoms with Crippen LogP contribution in [0.2, 0.25) is 0 Å². The number of rotatable bonds is 7. The van der Waals surface area contributed by atoms with Gasteiger partial charge in [0.15, 0.2) is 0 Å². The lowest BCUT2D eigenvalue weighted by atomic mass is 10.1. The second-order valence-corrected chi connectivity index (χ2v) is 5.24. The van der Waals surface area contributed by atoms with Crippen LogP contribution in [0.4, 0.5) is 0 Å². The highest BCUT2D eigenvalue weighted by atomic mass is 32.2. The number of carboxylic acid groups (broad SMARTS) is 1. The lowest BCUT2D eigenvalue weighted by Crippen LogP contribution is -2.12. The van der Waals surface area contributed by atoms with Gasteiger partial charge in [-0.3, -0.25) is 4.79 Å². The molecule has 0 radical (unpaired) electrons. The topological polar surface area (TPSA) is 46.5 Å². The summed E-state index contributed by atoms with van der Waals surface area (Å²) in [4.78, 5) is 10.5. The fourth-order valence-corrected chi connectivity index (χ4v) is 2.65. The van der Waals surface area contributed by atoms with Crippen molar-refractivity contribution in [2.24, 2.45) is 5.92 Å². The summed E-state index contributed by atoms with van der Waals surface area (Å²) in [7, 11) is 0. The van der Waals surface area contributed by atoms with Crippen LogP contribution in [-0.2, 0) is 9.53 Å². The van der Waals surface area contributed by atoms with Gasteiger partial charge in [-0.05, 0) is 31.4 Å². The van der Waals surface area contributed by atoms with Crippen LogP contribution in [0, 0.1) is 5.92 Å². The largest absolute Gasteiger partial charge is 0.481 e. The van der Waals surface area contributed by atoms with E-state index in [4.69, 9.17) is 9.84 Å². The van der Waals surface area contributed by atoms with Crippen molar-refractivity contribution in [2.45, 2.75) is 38.7 Å². The van der Waals surface area contributed by atoms with Gasteiger partial charge in [0.05, 0.1) is 12.0 Å². The Morgan fingerprint density at radius 2 is 2.47 bits per heavy atom. The molecule has 2 unspecified atom stereocenters.